The summed E-state index contributed by atoms with van der Waals surface area (Å²) in [6, 6.07) is 9.82. The van der Waals surface area contributed by atoms with Gasteiger partial charge in [-0.25, -0.2) is 4.39 Å². The highest BCUT2D eigenvalue weighted by molar-refractivity contribution is 5.96. The highest BCUT2D eigenvalue weighted by Crippen LogP contribution is 2.29. The van der Waals surface area contributed by atoms with Crippen molar-refractivity contribution in [1.29, 1.82) is 0 Å². The number of amides is 2. The van der Waals surface area contributed by atoms with Crippen molar-refractivity contribution in [3.8, 4) is 0 Å². The van der Waals surface area contributed by atoms with Gasteiger partial charge in [0.15, 0.2) is 0 Å². The van der Waals surface area contributed by atoms with Crippen LogP contribution in [0.25, 0.3) is 0 Å². The topological polar surface area (TPSA) is 58.2 Å². The molecule has 0 aromatic heterocycles. The summed E-state index contributed by atoms with van der Waals surface area (Å²) in [5.41, 5.74) is -0.746. The van der Waals surface area contributed by atoms with Gasteiger partial charge in [-0.05, 0) is 29.8 Å². The van der Waals surface area contributed by atoms with Crippen LogP contribution in [0.3, 0.4) is 0 Å². The van der Waals surface area contributed by atoms with E-state index in [4.69, 9.17) is 0 Å². The van der Waals surface area contributed by atoms with Gasteiger partial charge in [0.2, 0.25) is 5.91 Å². The first-order valence-electron chi connectivity index (χ1n) is 7.23. The molecule has 2 aromatic rings. The van der Waals surface area contributed by atoms with Crippen LogP contribution >= 0.6 is 0 Å². The fraction of sp³-hybridized carbons (Fsp3) is 0.176. The molecule has 0 saturated carbocycles. The van der Waals surface area contributed by atoms with E-state index in [0.717, 1.165) is 18.2 Å². The van der Waals surface area contributed by atoms with Crippen molar-refractivity contribution in [2.24, 2.45) is 0 Å². The third kappa shape index (κ3) is 5.30. The summed E-state index contributed by atoms with van der Waals surface area (Å²) in [6.07, 6.45) is -4.46. The first-order chi connectivity index (χ1) is 11.8. The zero-order chi connectivity index (χ0) is 18.4. The maximum absolute atomic E-state index is 13.4. The molecular formula is C17H14F4N2O2. The Labute approximate surface area is 140 Å². The van der Waals surface area contributed by atoms with Gasteiger partial charge in [-0.3, -0.25) is 9.59 Å². The summed E-state index contributed by atoms with van der Waals surface area (Å²) >= 11 is 0. The number of carbonyl (C=O) groups is 2. The molecular weight excluding hydrogens is 340 g/mol. The minimum absolute atomic E-state index is 0.127. The predicted molar refractivity (Wildman–Crippen MR) is 82.0 cm³/mol. The Morgan fingerprint density at radius 3 is 2.36 bits per heavy atom. The zero-order valence-corrected chi connectivity index (χ0v) is 12.9. The Hall–Kier alpha value is -2.90. The average Bonchev–Trinajstić information content (AvgIpc) is 2.58. The molecule has 0 bridgehead atoms. The second-order valence-corrected chi connectivity index (χ2v) is 5.14. The van der Waals surface area contributed by atoms with Crippen molar-refractivity contribution in [1.82, 2.24) is 10.6 Å². The minimum Gasteiger partial charge on any atom is -0.350 e. The molecule has 0 fully saturated rings. The second-order valence-electron chi connectivity index (χ2n) is 5.14. The molecule has 0 spiro atoms. The quantitative estimate of drug-likeness (QED) is 0.812. The van der Waals surface area contributed by atoms with E-state index in [0.29, 0.717) is 0 Å². The molecule has 2 amide bonds. The van der Waals surface area contributed by atoms with Crippen LogP contribution in [0, 0.1) is 5.82 Å². The van der Waals surface area contributed by atoms with Crippen LogP contribution in [0.4, 0.5) is 17.6 Å². The summed E-state index contributed by atoms with van der Waals surface area (Å²) in [4.78, 5) is 23.4. The lowest BCUT2D eigenvalue weighted by atomic mass is 10.1. The van der Waals surface area contributed by atoms with E-state index in [1.807, 2.05) is 0 Å². The van der Waals surface area contributed by atoms with E-state index in [-0.39, 0.29) is 17.7 Å². The molecule has 0 aliphatic rings. The third-order valence-corrected chi connectivity index (χ3v) is 3.27. The zero-order valence-electron chi connectivity index (χ0n) is 12.9. The smallest absolute Gasteiger partial charge is 0.350 e. The number of hydrogen-bond acceptors (Lipinski definition) is 2. The van der Waals surface area contributed by atoms with E-state index >= 15 is 0 Å². The van der Waals surface area contributed by atoms with Crippen molar-refractivity contribution >= 4 is 11.8 Å². The van der Waals surface area contributed by atoms with Gasteiger partial charge in [-0.15, -0.1) is 0 Å². The summed E-state index contributed by atoms with van der Waals surface area (Å²) in [6.45, 7) is -0.551. The Morgan fingerprint density at radius 2 is 1.68 bits per heavy atom. The van der Waals surface area contributed by atoms with Gasteiger partial charge >= 0.3 is 6.18 Å². The first kappa shape index (κ1) is 18.4. The SMILES string of the molecule is O=C(CNC(=O)c1ccccc1F)NCc1cccc(C(F)(F)F)c1. The van der Waals surface area contributed by atoms with E-state index in [1.165, 1.54) is 30.3 Å². The lowest BCUT2D eigenvalue weighted by molar-refractivity contribution is -0.137. The molecule has 2 aromatic carbocycles. The Balaban J connectivity index is 1.85. The fourth-order valence-corrected chi connectivity index (χ4v) is 2.02. The highest BCUT2D eigenvalue weighted by atomic mass is 19.4. The maximum Gasteiger partial charge on any atom is 0.416 e. The molecule has 4 nitrogen and oxygen atoms in total. The molecule has 0 radical (unpaired) electrons. The number of benzene rings is 2. The monoisotopic (exact) mass is 354 g/mol. The summed E-state index contributed by atoms with van der Waals surface area (Å²) < 4.78 is 51.2. The third-order valence-electron chi connectivity index (χ3n) is 3.27. The van der Waals surface area contributed by atoms with E-state index < -0.39 is 35.9 Å². The second kappa shape index (κ2) is 7.78. The Morgan fingerprint density at radius 1 is 0.960 bits per heavy atom. The fourth-order valence-electron chi connectivity index (χ4n) is 2.02. The first-order valence-corrected chi connectivity index (χ1v) is 7.23. The van der Waals surface area contributed by atoms with Gasteiger partial charge in [-0.1, -0.05) is 24.3 Å². The van der Waals surface area contributed by atoms with Crippen LogP contribution in [0.1, 0.15) is 21.5 Å². The molecule has 0 aliphatic carbocycles. The largest absolute Gasteiger partial charge is 0.416 e. The highest BCUT2D eigenvalue weighted by Gasteiger charge is 2.30. The molecule has 2 N–H and O–H groups in total. The van der Waals surface area contributed by atoms with Gasteiger partial charge in [-0.2, -0.15) is 13.2 Å². The molecule has 0 aliphatic heterocycles. The van der Waals surface area contributed by atoms with Gasteiger partial charge < -0.3 is 10.6 Å². The number of alkyl halides is 3. The van der Waals surface area contributed by atoms with Gasteiger partial charge in [0, 0.05) is 6.54 Å². The minimum atomic E-state index is -4.46. The van der Waals surface area contributed by atoms with Crippen LogP contribution in [0.2, 0.25) is 0 Å². The van der Waals surface area contributed by atoms with Crippen LogP contribution in [-0.2, 0) is 17.5 Å². The molecule has 0 saturated heterocycles. The van der Waals surface area contributed by atoms with E-state index in [1.54, 1.807) is 0 Å². The van der Waals surface area contributed by atoms with Crippen LogP contribution in [-0.4, -0.2) is 18.4 Å². The molecule has 132 valence electrons. The Bertz CT molecular complexity index is 775. The summed E-state index contributed by atoms with van der Waals surface area (Å²) in [5.74, 6) is -2.08. The van der Waals surface area contributed by atoms with E-state index in [2.05, 4.69) is 10.6 Å². The maximum atomic E-state index is 13.4. The van der Waals surface area contributed by atoms with E-state index in [9.17, 15) is 27.2 Å². The number of hydrogen-bond donors (Lipinski definition) is 2. The lowest BCUT2D eigenvalue weighted by Crippen LogP contribution is -2.36. The van der Waals surface area contributed by atoms with Crippen molar-refractivity contribution in [3.63, 3.8) is 0 Å². The molecule has 8 heteroatoms. The predicted octanol–water partition coefficient (Wildman–Crippen LogP) is 2.89. The van der Waals surface area contributed by atoms with Crippen molar-refractivity contribution in [2.45, 2.75) is 12.7 Å². The van der Waals surface area contributed by atoms with Crippen molar-refractivity contribution < 1.29 is 27.2 Å². The van der Waals surface area contributed by atoms with Crippen LogP contribution in [0.5, 0.6) is 0 Å². The normalized spacial score (nSPS) is 11.0. The van der Waals surface area contributed by atoms with Gasteiger partial charge in [0.1, 0.15) is 5.82 Å². The molecule has 25 heavy (non-hydrogen) atoms. The summed E-state index contributed by atoms with van der Waals surface area (Å²) in [5, 5.41) is 4.62. The number of halogens is 4. The molecule has 2 rings (SSSR count). The standard InChI is InChI=1S/C17H14F4N2O2/c18-14-7-2-1-6-13(14)16(25)23-10-15(24)22-9-11-4-3-5-12(8-11)17(19,20)21/h1-8H,9-10H2,(H,22,24)(H,23,25). The van der Waals surface area contributed by atoms with Crippen molar-refractivity contribution in [2.75, 3.05) is 6.54 Å². The van der Waals surface area contributed by atoms with Gasteiger partial charge in [0.25, 0.3) is 5.91 Å². The Kier molecular flexibility index (Phi) is 5.74. The molecule has 0 atom stereocenters. The van der Waals surface area contributed by atoms with Crippen molar-refractivity contribution in [3.05, 3.63) is 71.0 Å². The van der Waals surface area contributed by atoms with Crippen LogP contribution < -0.4 is 10.6 Å². The molecule has 0 unspecified atom stereocenters. The lowest BCUT2D eigenvalue weighted by Gasteiger charge is -2.10. The van der Waals surface area contributed by atoms with Crippen LogP contribution in [0.15, 0.2) is 48.5 Å². The number of carbonyl (C=O) groups excluding carboxylic acids is 2. The number of nitrogens with one attached hydrogen (secondary N) is 2. The molecule has 0 heterocycles. The summed E-state index contributed by atoms with van der Waals surface area (Å²) in [7, 11) is 0. The average molecular weight is 354 g/mol. The number of rotatable bonds is 5. The van der Waals surface area contributed by atoms with Gasteiger partial charge in [0.05, 0.1) is 17.7 Å².